The second-order valence-corrected chi connectivity index (χ2v) is 7.09. The summed E-state index contributed by atoms with van der Waals surface area (Å²) in [7, 11) is 2.15. The van der Waals surface area contributed by atoms with Crippen molar-refractivity contribution in [3.05, 3.63) is 50.9 Å². The average molecular weight is 368 g/mol. The van der Waals surface area contributed by atoms with E-state index in [2.05, 4.69) is 57.3 Å². The average Bonchev–Trinajstić information content (AvgIpc) is 2.92. The summed E-state index contributed by atoms with van der Waals surface area (Å²) in [6, 6.07) is 8.64. The highest BCUT2D eigenvalue weighted by Crippen LogP contribution is 2.31. The van der Waals surface area contributed by atoms with Gasteiger partial charge in [0.1, 0.15) is 0 Å². The Bertz CT molecular complexity index is 543. The number of hydrogen-bond acceptors (Lipinski definition) is 4. The predicted octanol–water partition coefficient (Wildman–Crippen LogP) is 3.86. The molecule has 114 valence electrons. The minimum atomic E-state index is 0.143. The summed E-state index contributed by atoms with van der Waals surface area (Å²) in [6.45, 7) is 3.10. The molecule has 2 rings (SSSR count). The van der Waals surface area contributed by atoms with Gasteiger partial charge >= 0.3 is 0 Å². The number of aromatic nitrogens is 1. The smallest absolute Gasteiger partial charge is 0.0591 e. The van der Waals surface area contributed by atoms with Gasteiger partial charge in [0, 0.05) is 45.6 Å². The van der Waals surface area contributed by atoms with Crippen molar-refractivity contribution in [2.45, 2.75) is 31.8 Å². The van der Waals surface area contributed by atoms with E-state index in [1.807, 2.05) is 18.3 Å². The van der Waals surface area contributed by atoms with Crippen LogP contribution < -0.4 is 5.73 Å². The second kappa shape index (κ2) is 8.03. The van der Waals surface area contributed by atoms with Gasteiger partial charge < -0.3 is 5.73 Å². The molecule has 0 spiro atoms. The molecular formula is C16H22BrN3S. The third-order valence-corrected chi connectivity index (χ3v) is 5.44. The van der Waals surface area contributed by atoms with E-state index in [-0.39, 0.29) is 12.1 Å². The number of thiophene rings is 1. The van der Waals surface area contributed by atoms with E-state index in [4.69, 9.17) is 5.73 Å². The Kier molecular flexibility index (Phi) is 6.36. The zero-order valence-electron chi connectivity index (χ0n) is 12.5. The summed E-state index contributed by atoms with van der Waals surface area (Å²) in [4.78, 5) is 8.06. The standard InChI is InChI=1S/C16H22BrN3S/c1-3-14(18)16(15-10-12(17)11-21-15)20(2)9-7-13-6-4-5-8-19-13/h4-6,8,10-11,14,16H,3,7,9,18H2,1-2H3. The SMILES string of the molecule is CCC(N)C(c1cc(Br)cs1)N(C)CCc1ccccn1. The molecule has 0 fully saturated rings. The summed E-state index contributed by atoms with van der Waals surface area (Å²) in [5, 5.41) is 2.12. The summed E-state index contributed by atoms with van der Waals surface area (Å²) in [5.74, 6) is 0. The summed E-state index contributed by atoms with van der Waals surface area (Å²) in [6.07, 6.45) is 3.76. The van der Waals surface area contributed by atoms with Crippen LogP contribution in [-0.2, 0) is 6.42 Å². The lowest BCUT2D eigenvalue weighted by atomic mass is 10.0. The third-order valence-electron chi connectivity index (χ3n) is 3.68. The maximum atomic E-state index is 6.36. The van der Waals surface area contributed by atoms with Crippen LogP contribution in [0, 0.1) is 0 Å². The van der Waals surface area contributed by atoms with Gasteiger partial charge in [-0.3, -0.25) is 9.88 Å². The molecule has 0 bridgehead atoms. The molecule has 0 amide bonds. The van der Waals surface area contributed by atoms with Gasteiger partial charge in [-0.2, -0.15) is 0 Å². The van der Waals surface area contributed by atoms with Gasteiger partial charge in [0.2, 0.25) is 0 Å². The Labute approximate surface area is 139 Å². The molecule has 0 aliphatic carbocycles. The number of nitrogens with two attached hydrogens (primary N) is 1. The van der Waals surface area contributed by atoms with Crippen molar-refractivity contribution in [1.82, 2.24) is 9.88 Å². The fourth-order valence-electron chi connectivity index (χ4n) is 2.44. The zero-order valence-corrected chi connectivity index (χ0v) is 14.9. The predicted molar refractivity (Wildman–Crippen MR) is 93.6 cm³/mol. The molecule has 2 N–H and O–H groups in total. The highest BCUT2D eigenvalue weighted by Gasteiger charge is 2.24. The Balaban J connectivity index is 2.06. The molecule has 2 aromatic heterocycles. The molecule has 0 saturated carbocycles. The van der Waals surface area contributed by atoms with Gasteiger partial charge in [-0.05, 0) is 47.6 Å². The van der Waals surface area contributed by atoms with E-state index in [0.29, 0.717) is 0 Å². The lowest BCUT2D eigenvalue weighted by Crippen LogP contribution is -2.39. The Morgan fingerprint density at radius 1 is 1.43 bits per heavy atom. The fourth-order valence-corrected chi connectivity index (χ4v) is 4.12. The van der Waals surface area contributed by atoms with Crippen molar-refractivity contribution < 1.29 is 0 Å². The summed E-state index contributed by atoms with van der Waals surface area (Å²) >= 11 is 5.30. The molecular weight excluding hydrogens is 346 g/mol. The van der Waals surface area contributed by atoms with E-state index in [0.717, 1.165) is 29.6 Å². The number of nitrogens with zero attached hydrogens (tertiary/aromatic N) is 2. The molecule has 0 saturated heterocycles. The first kappa shape index (κ1) is 16.6. The minimum Gasteiger partial charge on any atom is -0.326 e. The molecule has 2 atom stereocenters. The number of rotatable bonds is 7. The van der Waals surface area contributed by atoms with E-state index >= 15 is 0 Å². The molecule has 0 aliphatic rings. The molecule has 0 aromatic carbocycles. The van der Waals surface area contributed by atoms with E-state index in [1.54, 1.807) is 11.3 Å². The summed E-state index contributed by atoms with van der Waals surface area (Å²) in [5.41, 5.74) is 7.49. The van der Waals surface area contributed by atoms with Gasteiger partial charge in [0.15, 0.2) is 0 Å². The molecule has 2 aromatic rings. The minimum absolute atomic E-state index is 0.143. The van der Waals surface area contributed by atoms with Crippen molar-refractivity contribution in [3.8, 4) is 0 Å². The van der Waals surface area contributed by atoms with Crippen LogP contribution in [0.2, 0.25) is 0 Å². The Morgan fingerprint density at radius 3 is 2.81 bits per heavy atom. The fraction of sp³-hybridized carbons (Fsp3) is 0.438. The monoisotopic (exact) mass is 367 g/mol. The maximum Gasteiger partial charge on any atom is 0.0591 e. The number of hydrogen-bond donors (Lipinski definition) is 1. The number of pyridine rings is 1. The highest BCUT2D eigenvalue weighted by molar-refractivity contribution is 9.10. The molecule has 2 unspecified atom stereocenters. The van der Waals surface area contributed by atoms with Crippen molar-refractivity contribution >= 4 is 27.3 Å². The molecule has 0 radical (unpaired) electrons. The van der Waals surface area contributed by atoms with Crippen LogP contribution >= 0.6 is 27.3 Å². The van der Waals surface area contributed by atoms with Crippen molar-refractivity contribution in [2.75, 3.05) is 13.6 Å². The Morgan fingerprint density at radius 2 is 2.24 bits per heavy atom. The van der Waals surface area contributed by atoms with Crippen LogP contribution in [0.1, 0.15) is 30.0 Å². The quantitative estimate of drug-likeness (QED) is 0.807. The molecule has 3 nitrogen and oxygen atoms in total. The third kappa shape index (κ3) is 4.61. The topological polar surface area (TPSA) is 42.1 Å². The lowest BCUT2D eigenvalue weighted by Gasteiger charge is -2.31. The van der Waals surface area contributed by atoms with Crippen molar-refractivity contribution in [3.63, 3.8) is 0 Å². The van der Waals surface area contributed by atoms with Crippen LogP contribution in [0.3, 0.4) is 0 Å². The second-order valence-electron chi connectivity index (χ2n) is 5.24. The van der Waals surface area contributed by atoms with Crippen LogP contribution in [0.5, 0.6) is 0 Å². The van der Waals surface area contributed by atoms with Gasteiger partial charge in [0.25, 0.3) is 0 Å². The normalized spacial score (nSPS) is 14.3. The van der Waals surface area contributed by atoms with E-state index in [1.165, 1.54) is 4.88 Å². The van der Waals surface area contributed by atoms with Gasteiger partial charge in [-0.15, -0.1) is 11.3 Å². The van der Waals surface area contributed by atoms with Crippen LogP contribution in [0.25, 0.3) is 0 Å². The number of halogens is 1. The Hall–Kier alpha value is -0.750. The van der Waals surface area contributed by atoms with Crippen molar-refractivity contribution in [2.24, 2.45) is 5.73 Å². The molecule has 21 heavy (non-hydrogen) atoms. The van der Waals surface area contributed by atoms with Crippen LogP contribution in [0.4, 0.5) is 0 Å². The summed E-state index contributed by atoms with van der Waals surface area (Å²) < 4.78 is 1.13. The maximum absolute atomic E-state index is 6.36. The molecule has 0 aliphatic heterocycles. The lowest BCUT2D eigenvalue weighted by molar-refractivity contribution is 0.214. The first-order valence-corrected chi connectivity index (χ1v) is 8.88. The number of likely N-dealkylation sites (N-methyl/N-ethyl adjacent to an activating group) is 1. The van der Waals surface area contributed by atoms with Gasteiger partial charge in [-0.1, -0.05) is 13.0 Å². The van der Waals surface area contributed by atoms with Crippen molar-refractivity contribution in [1.29, 1.82) is 0 Å². The van der Waals surface area contributed by atoms with E-state index < -0.39 is 0 Å². The van der Waals surface area contributed by atoms with Crippen LogP contribution in [-0.4, -0.2) is 29.5 Å². The van der Waals surface area contributed by atoms with E-state index in [9.17, 15) is 0 Å². The van der Waals surface area contributed by atoms with Crippen LogP contribution in [0.15, 0.2) is 40.3 Å². The zero-order chi connectivity index (χ0) is 15.2. The highest BCUT2D eigenvalue weighted by atomic mass is 79.9. The van der Waals surface area contributed by atoms with Gasteiger partial charge in [0.05, 0.1) is 6.04 Å². The van der Waals surface area contributed by atoms with Gasteiger partial charge in [-0.25, -0.2) is 0 Å². The molecule has 5 heteroatoms. The first-order valence-electron chi connectivity index (χ1n) is 7.21. The molecule has 2 heterocycles. The largest absolute Gasteiger partial charge is 0.326 e. The first-order chi connectivity index (χ1) is 10.1.